The van der Waals surface area contributed by atoms with Gasteiger partial charge in [0.1, 0.15) is 0 Å². The van der Waals surface area contributed by atoms with Gasteiger partial charge in [0.05, 0.1) is 0 Å². The summed E-state index contributed by atoms with van der Waals surface area (Å²) in [4.78, 5) is 0. The van der Waals surface area contributed by atoms with Crippen molar-refractivity contribution in [2.75, 3.05) is 0 Å². The molecule has 1 atom stereocenters. The Kier molecular flexibility index (Phi) is 2.19. The Morgan fingerprint density at radius 1 is 1.12 bits per heavy atom. The highest BCUT2D eigenvalue weighted by Gasteiger charge is 2.26. The van der Waals surface area contributed by atoms with Crippen molar-refractivity contribution in [1.82, 2.24) is 0 Å². The van der Waals surface area contributed by atoms with Crippen LogP contribution in [0.5, 0.6) is 0 Å². The molecule has 0 N–H and O–H groups in total. The summed E-state index contributed by atoms with van der Waals surface area (Å²) in [6.45, 7) is 8.33. The van der Waals surface area contributed by atoms with E-state index in [0.29, 0.717) is 5.92 Å². The quantitative estimate of drug-likeness (QED) is 0.649. The van der Waals surface area contributed by atoms with E-state index in [9.17, 15) is 0 Å². The molecule has 3 rings (SSSR count). The number of rotatable bonds is 1. The van der Waals surface area contributed by atoms with Gasteiger partial charge in [0.15, 0.2) is 0 Å². The van der Waals surface area contributed by atoms with Gasteiger partial charge in [-0.15, -0.1) is 0 Å². The van der Waals surface area contributed by atoms with E-state index in [1.165, 1.54) is 33.4 Å². The first-order valence-corrected chi connectivity index (χ1v) is 6.08. The number of hydrogen-bond donors (Lipinski definition) is 0. The molecule has 1 unspecified atom stereocenters. The molecule has 0 fully saturated rings. The fourth-order valence-electron chi connectivity index (χ4n) is 2.88. The van der Waals surface area contributed by atoms with Crippen LogP contribution in [0.25, 0.3) is 17.2 Å². The maximum Gasteiger partial charge on any atom is 0.00736 e. The van der Waals surface area contributed by atoms with Crippen LogP contribution in [0.4, 0.5) is 0 Å². The Hall–Kier alpha value is -1.82. The zero-order chi connectivity index (χ0) is 12.0. The summed E-state index contributed by atoms with van der Waals surface area (Å²) in [5.74, 6) is 0.500. The van der Waals surface area contributed by atoms with Crippen LogP contribution in [-0.4, -0.2) is 0 Å². The Labute approximate surface area is 103 Å². The van der Waals surface area contributed by atoms with Gasteiger partial charge in [0, 0.05) is 5.92 Å². The number of aryl methyl sites for hydroxylation is 1. The summed E-state index contributed by atoms with van der Waals surface area (Å²) < 4.78 is 0. The van der Waals surface area contributed by atoms with Crippen LogP contribution in [0, 0.1) is 6.92 Å². The summed E-state index contributed by atoms with van der Waals surface area (Å²) in [6, 6.07) is 13.3. The SMILES string of the molecule is C=Cc1ccc2c(c1)C(C)c1cccc(C)c1-2. The molecule has 0 saturated heterocycles. The summed E-state index contributed by atoms with van der Waals surface area (Å²) in [5.41, 5.74) is 8.32. The molecule has 0 amide bonds. The molecule has 2 aromatic carbocycles. The van der Waals surface area contributed by atoms with Crippen molar-refractivity contribution < 1.29 is 0 Å². The Bertz CT molecular complexity index is 605. The lowest BCUT2D eigenvalue weighted by Gasteiger charge is -2.06. The Balaban J connectivity index is 2.32. The lowest BCUT2D eigenvalue weighted by molar-refractivity contribution is 0.955. The predicted molar refractivity (Wildman–Crippen MR) is 74.2 cm³/mol. The van der Waals surface area contributed by atoms with Gasteiger partial charge < -0.3 is 0 Å². The molecule has 0 aromatic heterocycles. The van der Waals surface area contributed by atoms with Crippen LogP contribution in [0.2, 0.25) is 0 Å². The number of hydrogen-bond acceptors (Lipinski definition) is 0. The van der Waals surface area contributed by atoms with E-state index in [4.69, 9.17) is 0 Å². The molecule has 0 heterocycles. The predicted octanol–water partition coefficient (Wildman–Crippen LogP) is 4.77. The van der Waals surface area contributed by atoms with Gasteiger partial charge in [-0.05, 0) is 40.3 Å². The van der Waals surface area contributed by atoms with Crippen molar-refractivity contribution in [3.8, 4) is 11.1 Å². The van der Waals surface area contributed by atoms with Crippen LogP contribution < -0.4 is 0 Å². The second kappa shape index (κ2) is 3.59. The largest absolute Gasteiger partial charge is 0.0985 e. The van der Waals surface area contributed by atoms with Gasteiger partial charge in [-0.2, -0.15) is 0 Å². The second-order valence-corrected chi connectivity index (χ2v) is 4.81. The third kappa shape index (κ3) is 1.37. The molecule has 1 aliphatic carbocycles. The Morgan fingerprint density at radius 2 is 1.94 bits per heavy atom. The monoisotopic (exact) mass is 220 g/mol. The molecule has 0 nitrogen and oxygen atoms in total. The van der Waals surface area contributed by atoms with Crippen molar-refractivity contribution in [3.05, 3.63) is 65.2 Å². The average molecular weight is 220 g/mol. The van der Waals surface area contributed by atoms with Crippen molar-refractivity contribution in [1.29, 1.82) is 0 Å². The molecule has 17 heavy (non-hydrogen) atoms. The minimum absolute atomic E-state index is 0.500. The summed E-state index contributed by atoms with van der Waals surface area (Å²) in [6.07, 6.45) is 1.92. The maximum atomic E-state index is 3.85. The fraction of sp³-hybridized carbons (Fsp3) is 0.176. The molecule has 2 aromatic rings. The lowest BCUT2D eigenvalue weighted by Crippen LogP contribution is -1.89. The molecule has 1 aliphatic rings. The molecule has 84 valence electrons. The highest BCUT2D eigenvalue weighted by atomic mass is 14.3. The van der Waals surface area contributed by atoms with Crippen LogP contribution in [0.3, 0.4) is 0 Å². The van der Waals surface area contributed by atoms with E-state index in [0.717, 1.165) is 0 Å². The topological polar surface area (TPSA) is 0 Å². The van der Waals surface area contributed by atoms with Gasteiger partial charge >= 0.3 is 0 Å². The van der Waals surface area contributed by atoms with Crippen LogP contribution in [0.15, 0.2) is 43.0 Å². The molecule has 0 heteroatoms. The summed E-state index contributed by atoms with van der Waals surface area (Å²) >= 11 is 0. The van der Waals surface area contributed by atoms with E-state index in [1.54, 1.807) is 0 Å². The Morgan fingerprint density at radius 3 is 2.71 bits per heavy atom. The van der Waals surface area contributed by atoms with Crippen LogP contribution in [-0.2, 0) is 0 Å². The maximum absolute atomic E-state index is 3.85. The van der Waals surface area contributed by atoms with E-state index < -0.39 is 0 Å². The molecular weight excluding hydrogens is 204 g/mol. The molecule has 0 bridgehead atoms. The van der Waals surface area contributed by atoms with Crippen molar-refractivity contribution >= 4 is 6.08 Å². The molecule has 0 spiro atoms. The summed E-state index contributed by atoms with van der Waals surface area (Å²) in [5, 5.41) is 0. The fourth-order valence-corrected chi connectivity index (χ4v) is 2.88. The highest BCUT2D eigenvalue weighted by Crippen LogP contribution is 2.46. The van der Waals surface area contributed by atoms with Gasteiger partial charge in [-0.1, -0.05) is 56.0 Å². The van der Waals surface area contributed by atoms with Gasteiger partial charge in [0.25, 0.3) is 0 Å². The van der Waals surface area contributed by atoms with E-state index >= 15 is 0 Å². The molecule has 0 aliphatic heterocycles. The van der Waals surface area contributed by atoms with Crippen LogP contribution >= 0.6 is 0 Å². The first kappa shape index (κ1) is 10.3. The summed E-state index contributed by atoms with van der Waals surface area (Å²) in [7, 11) is 0. The third-order valence-electron chi connectivity index (χ3n) is 3.82. The smallest absolute Gasteiger partial charge is 0.00736 e. The lowest BCUT2D eigenvalue weighted by atomic mass is 9.97. The first-order valence-electron chi connectivity index (χ1n) is 6.08. The average Bonchev–Trinajstić information content (AvgIpc) is 2.64. The second-order valence-electron chi connectivity index (χ2n) is 4.81. The van der Waals surface area contributed by atoms with Crippen LogP contribution in [0.1, 0.15) is 35.1 Å². The normalized spacial score (nSPS) is 16.5. The van der Waals surface area contributed by atoms with Crippen molar-refractivity contribution in [2.24, 2.45) is 0 Å². The highest BCUT2D eigenvalue weighted by molar-refractivity contribution is 5.82. The van der Waals surface area contributed by atoms with E-state index in [2.05, 4.69) is 56.8 Å². The zero-order valence-corrected chi connectivity index (χ0v) is 10.3. The zero-order valence-electron chi connectivity index (χ0n) is 10.3. The minimum Gasteiger partial charge on any atom is -0.0985 e. The van der Waals surface area contributed by atoms with Crippen molar-refractivity contribution in [3.63, 3.8) is 0 Å². The minimum atomic E-state index is 0.500. The standard InChI is InChI=1S/C17H16/c1-4-13-8-9-15-16(10-13)12(3)14-7-5-6-11(2)17(14)15/h4-10,12H,1H2,2-3H3. The van der Waals surface area contributed by atoms with Gasteiger partial charge in [-0.3, -0.25) is 0 Å². The first-order chi connectivity index (χ1) is 8.22. The number of fused-ring (bicyclic) bond motifs is 3. The van der Waals surface area contributed by atoms with Gasteiger partial charge in [0.2, 0.25) is 0 Å². The molecular formula is C17H16. The number of benzene rings is 2. The molecule has 0 radical (unpaired) electrons. The van der Waals surface area contributed by atoms with Gasteiger partial charge in [-0.25, -0.2) is 0 Å². The molecule has 0 saturated carbocycles. The van der Waals surface area contributed by atoms with Crippen molar-refractivity contribution in [2.45, 2.75) is 19.8 Å². The van der Waals surface area contributed by atoms with E-state index in [-0.39, 0.29) is 0 Å². The third-order valence-corrected chi connectivity index (χ3v) is 3.82. The van der Waals surface area contributed by atoms with E-state index in [1.807, 2.05) is 6.08 Å².